The van der Waals surface area contributed by atoms with Gasteiger partial charge in [0.15, 0.2) is 0 Å². The van der Waals surface area contributed by atoms with Crippen molar-refractivity contribution in [1.29, 1.82) is 0 Å². The summed E-state index contributed by atoms with van der Waals surface area (Å²) in [4.78, 5) is 14.3. The van der Waals surface area contributed by atoms with Gasteiger partial charge in [-0.1, -0.05) is 28.4 Å². The Morgan fingerprint density at radius 1 is 1.35 bits per heavy atom. The summed E-state index contributed by atoms with van der Waals surface area (Å²) in [5.74, 6) is 0. The molecule has 1 heterocycles. The van der Waals surface area contributed by atoms with E-state index in [2.05, 4.69) is 39.4 Å². The highest BCUT2D eigenvalue weighted by atomic mass is 79.9. The van der Waals surface area contributed by atoms with Gasteiger partial charge in [-0.05, 0) is 56.4 Å². The van der Waals surface area contributed by atoms with Gasteiger partial charge in [0.25, 0.3) is 0 Å². The number of urea groups is 1. The highest BCUT2D eigenvalue weighted by molar-refractivity contribution is 9.10. The van der Waals surface area contributed by atoms with E-state index in [9.17, 15) is 4.79 Å². The number of hydrogen-bond donors (Lipinski definition) is 1. The molecule has 0 bridgehead atoms. The maximum absolute atomic E-state index is 12.5. The summed E-state index contributed by atoms with van der Waals surface area (Å²) in [5, 5.41) is 3.23. The van der Waals surface area contributed by atoms with Crippen molar-refractivity contribution in [2.24, 2.45) is 0 Å². The van der Waals surface area contributed by atoms with Crippen LogP contribution in [-0.2, 0) is 11.2 Å². The molecule has 1 saturated heterocycles. The Balaban J connectivity index is 1.61. The van der Waals surface area contributed by atoms with E-state index in [0.29, 0.717) is 13.1 Å². The third kappa shape index (κ3) is 4.07. The van der Waals surface area contributed by atoms with Crippen molar-refractivity contribution in [2.75, 3.05) is 13.1 Å². The van der Waals surface area contributed by atoms with Gasteiger partial charge in [0.2, 0.25) is 0 Å². The minimum absolute atomic E-state index is 0.0365. The molecule has 5 heteroatoms. The lowest BCUT2D eigenvalue weighted by molar-refractivity contribution is -0.0644. The fourth-order valence-electron chi connectivity index (χ4n) is 3.42. The summed E-state index contributed by atoms with van der Waals surface area (Å²) < 4.78 is 6.83. The van der Waals surface area contributed by atoms with Gasteiger partial charge >= 0.3 is 6.03 Å². The molecule has 1 aromatic carbocycles. The third-order valence-corrected chi connectivity index (χ3v) is 5.06. The van der Waals surface area contributed by atoms with Crippen molar-refractivity contribution in [3.63, 3.8) is 0 Å². The van der Waals surface area contributed by atoms with Gasteiger partial charge in [0, 0.05) is 4.47 Å². The maximum atomic E-state index is 12.5. The molecule has 2 amide bonds. The van der Waals surface area contributed by atoms with Crippen LogP contribution in [0.3, 0.4) is 0 Å². The molecule has 0 aromatic heterocycles. The molecule has 3 rings (SSSR count). The molecule has 1 aromatic rings. The Morgan fingerprint density at radius 2 is 2.13 bits per heavy atom. The summed E-state index contributed by atoms with van der Waals surface area (Å²) in [6.45, 7) is 5.46. The van der Waals surface area contributed by atoms with Gasteiger partial charge in [-0.15, -0.1) is 0 Å². The molecule has 1 unspecified atom stereocenters. The number of nitrogens with zero attached hydrogens (tertiary/aromatic N) is 1. The van der Waals surface area contributed by atoms with Crippen LogP contribution in [0.2, 0.25) is 0 Å². The average Bonchev–Trinajstić information content (AvgIpc) is 2.64. The van der Waals surface area contributed by atoms with E-state index in [1.165, 1.54) is 17.5 Å². The number of halogens is 1. The topological polar surface area (TPSA) is 41.6 Å². The van der Waals surface area contributed by atoms with E-state index in [-0.39, 0.29) is 24.3 Å². The molecule has 1 aliphatic heterocycles. The molecule has 4 nitrogen and oxygen atoms in total. The number of amides is 2. The van der Waals surface area contributed by atoms with Crippen LogP contribution in [0.4, 0.5) is 4.79 Å². The molecular formula is C18H25BrN2O2. The lowest BCUT2D eigenvalue weighted by Gasteiger charge is -2.40. The second kappa shape index (κ2) is 7.22. The quantitative estimate of drug-likeness (QED) is 0.804. The largest absolute Gasteiger partial charge is 0.372 e. The van der Waals surface area contributed by atoms with Crippen molar-refractivity contribution < 1.29 is 9.53 Å². The van der Waals surface area contributed by atoms with Crippen molar-refractivity contribution in [3.8, 4) is 0 Å². The summed E-state index contributed by atoms with van der Waals surface area (Å²) in [5.41, 5.74) is 2.63. The molecule has 23 heavy (non-hydrogen) atoms. The van der Waals surface area contributed by atoms with Crippen molar-refractivity contribution in [1.82, 2.24) is 10.2 Å². The van der Waals surface area contributed by atoms with Crippen LogP contribution in [0.5, 0.6) is 0 Å². The Kier molecular flexibility index (Phi) is 5.27. The van der Waals surface area contributed by atoms with Gasteiger partial charge in [-0.25, -0.2) is 4.79 Å². The molecule has 2 aliphatic rings. The molecule has 1 N–H and O–H groups in total. The minimum Gasteiger partial charge on any atom is -0.372 e. The van der Waals surface area contributed by atoms with Crippen molar-refractivity contribution >= 4 is 22.0 Å². The number of likely N-dealkylation sites (tertiary alicyclic amines) is 1. The molecule has 126 valence electrons. The van der Waals surface area contributed by atoms with Crippen LogP contribution in [-0.4, -0.2) is 36.2 Å². The van der Waals surface area contributed by atoms with Gasteiger partial charge in [0.1, 0.15) is 0 Å². The molecule has 1 aliphatic carbocycles. The highest BCUT2D eigenvalue weighted by Crippen LogP contribution is 2.31. The fraction of sp³-hybridized carbons (Fsp3) is 0.611. The first-order valence-electron chi connectivity index (χ1n) is 8.52. The molecule has 1 fully saturated rings. The van der Waals surface area contributed by atoms with E-state index < -0.39 is 0 Å². The SMILES string of the molecule is CC(C)OC1CN(C(=O)NC2CCCCc3cc(Br)ccc32)C1. The molecule has 0 saturated carbocycles. The first-order valence-corrected chi connectivity index (χ1v) is 9.31. The second-order valence-corrected chi connectivity index (χ2v) is 7.72. The number of fused-ring (bicyclic) bond motifs is 1. The zero-order valence-electron chi connectivity index (χ0n) is 13.8. The Hall–Kier alpha value is -1.07. The highest BCUT2D eigenvalue weighted by Gasteiger charge is 2.33. The fourth-order valence-corrected chi connectivity index (χ4v) is 3.82. The van der Waals surface area contributed by atoms with Crippen LogP contribution in [0.1, 0.15) is 50.3 Å². The summed E-state index contributed by atoms with van der Waals surface area (Å²) in [6.07, 6.45) is 4.85. The van der Waals surface area contributed by atoms with Crippen LogP contribution in [0, 0.1) is 0 Å². The predicted octanol–water partition coefficient (Wildman–Crippen LogP) is 4.04. The van der Waals surface area contributed by atoms with Crippen LogP contribution >= 0.6 is 15.9 Å². The molecule has 1 atom stereocenters. The lowest BCUT2D eigenvalue weighted by atomic mass is 9.99. The van der Waals surface area contributed by atoms with Crippen LogP contribution in [0.25, 0.3) is 0 Å². The predicted molar refractivity (Wildman–Crippen MR) is 94.6 cm³/mol. The number of aryl methyl sites for hydroxylation is 1. The lowest BCUT2D eigenvalue weighted by Crippen LogP contribution is -2.58. The van der Waals surface area contributed by atoms with Gasteiger partial charge in [0.05, 0.1) is 31.3 Å². The first-order chi connectivity index (χ1) is 11.0. The zero-order chi connectivity index (χ0) is 16.4. The monoisotopic (exact) mass is 380 g/mol. The summed E-state index contributed by atoms with van der Waals surface area (Å²) in [6, 6.07) is 6.57. The van der Waals surface area contributed by atoms with Gasteiger partial charge < -0.3 is 15.0 Å². The number of nitrogens with one attached hydrogen (secondary N) is 1. The van der Waals surface area contributed by atoms with Crippen molar-refractivity contribution in [3.05, 3.63) is 33.8 Å². The number of ether oxygens (including phenoxy) is 1. The third-order valence-electron chi connectivity index (χ3n) is 4.57. The Bertz CT molecular complexity index is 570. The van der Waals surface area contributed by atoms with E-state index in [0.717, 1.165) is 23.7 Å². The van der Waals surface area contributed by atoms with E-state index in [4.69, 9.17) is 4.74 Å². The smallest absolute Gasteiger partial charge is 0.318 e. The number of carbonyl (C=O) groups excluding carboxylic acids is 1. The average molecular weight is 381 g/mol. The van der Waals surface area contributed by atoms with Crippen LogP contribution < -0.4 is 5.32 Å². The Labute approximate surface area is 146 Å². The minimum atomic E-state index is 0.0365. The molecule has 0 spiro atoms. The first kappa shape index (κ1) is 16.8. The van der Waals surface area contributed by atoms with E-state index in [1.807, 2.05) is 18.7 Å². The molecular weight excluding hydrogens is 356 g/mol. The number of benzene rings is 1. The van der Waals surface area contributed by atoms with Crippen molar-refractivity contribution in [2.45, 2.75) is 57.8 Å². The van der Waals surface area contributed by atoms with Gasteiger partial charge in [-0.3, -0.25) is 0 Å². The zero-order valence-corrected chi connectivity index (χ0v) is 15.4. The van der Waals surface area contributed by atoms with Crippen LogP contribution in [0.15, 0.2) is 22.7 Å². The Morgan fingerprint density at radius 3 is 2.87 bits per heavy atom. The van der Waals surface area contributed by atoms with Gasteiger partial charge in [-0.2, -0.15) is 0 Å². The van der Waals surface area contributed by atoms with E-state index in [1.54, 1.807) is 0 Å². The number of hydrogen-bond acceptors (Lipinski definition) is 2. The number of rotatable bonds is 3. The summed E-state index contributed by atoms with van der Waals surface area (Å²) >= 11 is 3.55. The number of carbonyl (C=O) groups is 1. The van der Waals surface area contributed by atoms with E-state index >= 15 is 0 Å². The standard InChI is InChI=1S/C18H25BrN2O2/c1-12(2)23-15-10-21(11-15)18(22)20-17-6-4-3-5-13-9-14(19)7-8-16(13)17/h7-9,12,15,17H,3-6,10-11H2,1-2H3,(H,20,22). The second-order valence-electron chi connectivity index (χ2n) is 6.80. The summed E-state index contributed by atoms with van der Waals surface area (Å²) in [7, 11) is 0. The molecule has 0 radical (unpaired) electrons. The maximum Gasteiger partial charge on any atom is 0.318 e. The normalized spacial score (nSPS) is 21.6.